The Morgan fingerprint density at radius 2 is 1.64 bits per heavy atom. The monoisotopic (exact) mass is 340 g/mol. The van der Waals surface area contributed by atoms with E-state index in [0.29, 0.717) is 17.8 Å². The van der Waals surface area contributed by atoms with Crippen molar-refractivity contribution < 1.29 is 19.1 Å². The second-order valence-corrected chi connectivity index (χ2v) is 5.27. The molecule has 0 bridgehead atoms. The molecule has 1 N–H and O–H groups in total. The molecule has 0 fully saturated rings. The molecule has 2 aromatic rings. The number of carbonyl (C=O) groups is 3. The second kappa shape index (κ2) is 8.63. The Morgan fingerprint density at radius 3 is 2.20 bits per heavy atom. The van der Waals surface area contributed by atoms with Crippen molar-refractivity contribution in [1.29, 1.82) is 0 Å². The van der Waals surface area contributed by atoms with Gasteiger partial charge in [0.05, 0.1) is 12.7 Å². The van der Waals surface area contributed by atoms with Gasteiger partial charge in [-0.2, -0.15) is 0 Å². The number of nitrogens with one attached hydrogen (secondary N) is 1. The Morgan fingerprint density at radius 1 is 1.00 bits per heavy atom. The molecule has 0 aliphatic carbocycles. The van der Waals surface area contributed by atoms with Crippen LogP contribution in [0.15, 0.2) is 54.6 Å². The maximum absolute atomic E-state index is 12.4. The van der Waals surface area contributed by atoms with E-state index >= 15 is 0 Å². The Labute approximate surface area is 146 Å². The standard InChI is InChI=1S/C19H20N2O4/c1-3-21(16-7-5-4-6-8-16)18(23)13-17(22)20-15-11-9-14(10-12-15)19(24)25-2/h4-12H,3,13H2,1-2H3,(H,20,22). The van der Waals surface area contributed by atoms with Crippen molar-refractivity contribution >= 4 is 29.2 Å². The predicted octanol–water partition coefficient (Wildman–Crippen LogP) is 2.85. The van der Waals surface area contributed by atoms with E-state index in [4.69, 9.17) is 0 Å². The van der Waals surface area contributed by atoms with Crippen molar-refractivity contribution in [2.24, 2.45) is 0 Å². The van der Waals surface area contributed by atoms with Gasteiger partial charge in [0.1, 0.15) is 6.42 Å². The first kappa shape index (κ1) is 18.2. The number of ether oxygens (including phenoxy) is 1. The molecule has 130 valence electrons. The number of carbonyl (C=O) groups excluding carboxylic acids is 3. The van der Waals surface area contributed by atoms with Crippen LogP contribution in [0.25, 0.3) is 0 Å². The third kappa shape index (κ3) is 4.91. The summed E-state index contributed by atoms with van der Waals surface area (Å²) in [5.74, 6) is -1.14. The molecule has 0 atom stereocenters. The van der Waals surface area contributed by atoms with E-state index in [9.17, 15) is 14.4 Å². The molecular weight excluding hydrogens is 320 g/mol. The third-order valence-corrected chi connectivity index (χ3v) is 3.59. The summed E-state index contributed by atoms with van der Waals surface area (Å²) in [4.78, 5) is 37.4. The molecule has 0 saturated heterocycles. The highest BCUT2D eigenvalue weighted by Crippen LogP contribution is 2.15. The fourth-order valence-electron chi connectivity index (χ4n) is 2.36. The molecule has 6 heteroatoms. The fraction of sp³-hybridized carbons (Fsp3) is 0.211. The summed E-state index contributed by atoms with van der Waals surface area (Å²) in [6.07, 6.45) is -0.262. The quantitative estimate of drug-likeness (QED) is 0.648. The Balaban J connectivity index is 1.97. The number of rotatable bonds is 6. The third-order valence-electron chi connectivity index (χ3n) is 3.59. The number of benzene rings is 2. The first-order valence-corrected chi connectivity index (χ1v) is 7.88. The van der Waals surface area contributed by atoms with Crippen LogP contribution < -0.4 is 10.2 Å². The van der Waals surface area contributed by atoms with Crippen molar-refractivity contribution in [2.75, 3.05) is 23.9 Å². The van der Waals surface area contributed by atoms with Gasteiger partial charge in [-0.05, 0) is 43.3 Å². The number of hydrogen-bond acceptors (Lipinski definition) is 4. The summed E-state index contributed by atoms with van der Waals surface area (Å²) in [6, 6.07) is 15.5. The molecule has 0 aliphatic heterocycles. The first-order chi connectivity index (χ1) is 12.0. The zero-order chi connectivity index (χ0) is 18.2. The molecule has 0 aliphatic rings. The Hall–Kier alpha value is -3.15. The zero-order valence-corrected chi connectivity index (χ0v) is 14.2. The predicted molar refractivity (Wildman–Crippen MR) is 95.5 cm³/mol. The van der Waals surface area contributed by atoms with E-state index < -0.39 is 11.9 Å². The van der Waals surface area contributed by atoms with Gasteiger partial charge in [-0.3, -0.25) is 9.59 Å². The number of nitrogens with zero attached hydrogens (tertiary/aromatic N) is 1. The van der Waals surface area contributed by atoms with Gasteiger partial charge in [0.15, 0.2) is 0 Å². The highest BCUT2D eigenvalue weighted by atomic mass is 16.5. The molecule has 0 spiro atoms. The summed E-state index contributed by atoms with van der Waals surface area (Å²) >= 11 is 0. The van der Waals surface area contributed by atoms with E-state index in [2.05, 4.69) is 10.1 Å². The number of esters is 1. The average molecular weight is 340 g/mol. The van der Waals surface area contributed by atoms with Crippen LogP contribution in [-0.4, -0.2) is 31.4 Å². The minimum Gasteiger partial charge on any atom is -0.465 e. The molecule has 0 radical (unpaired) electrons. The lowest BCUT2D eigenvalue weighted by Gasteiger charge is -2.20. The average Bonchev–Trinajstić information content (AvgIpc) is 2.63. The van der Waals surface area contributed by atoms with E-state index in [1.165, 1.54) is 7.11 Å². The number of hydrogen-bond donors (Lipinski definition) is 1. The van der Waals surface area contributed by atoms with Gasteiger partial charge in [0.25, 0.3) is 0 Å². The Bertz CT molecular complexity index is 742. The van der Waals surface area contributed by atoms with Crippen molar-refractivity contribution in [1.82, 2.24) is 0 Å². The summed E-state index contributed by atoms with van der Waals surface area (Å²) < 4.78 is 4.61. The zero-order valence-electron chi connectivity index (χ0n) is 14.2. The van der Waals surface area contributed by atoms with Crippen LogP contribution in [0.2, 0.25) is 0 Å². The maximum atomic E-state index is 12.4. The van der Waals surface area contributed by atoms with Crippen molar-refractivity contribution in [3.8, 4) is 0 Å². The van der Waals surface area contributed by atoms with Crippen LogP contribution in [0.5, 0.6) is 0 Å². The number of amides is 2. The van der Waals surface area contributed by atoms with Crippen LogP contribution in [0.1, 0.15) is 23.7 Å². The molecule has 0 aromatic heterocycles. The molecule has 25 heavy (non-hydrogen) atoms. The normalized spacial score (nSPS) is 10.0. The molecule has 0 unspecified atom stereocenters. The summed E-state index contributed by atoms with van der Waals surface area (Å²) in [6.45, 7) is 2.33. The summed E-state index contributed by atoms with van der Waals surface area (Å²) in [7, 11) is 1.30. The SMILES string of the molecule is CCN(C(=O)CC(=O)Nc1ccc(C(=O)OC)cc1)c1ccccc1. The van der Waals surface area contributed by atoms with Crippen molar-refractivity contribution in [3.63, 3.8) is 0 Å². The molecule has 2 rings (SSSR count). The van der Waals surface area contributed by atoms with Crippen LogP contribution in [0.3, 0.4) is 0 Å². The second-order valence-electron chi connectivity index (χ2n) is 5.27. The minimum atomic E-state index is -0.450. The molecule has 0 heterocycles. The summed E-state index contributed by atoms with van der Waals surface area (Å²) in [5.41, 5.74) is 1.65. The van der Waals surface area contributed by atoms with E-state index in [1.54, 1.807) is 29.2 Å². The van der Waals surface area contributed by atoms with E-state index in [0.717, 1.165) is 5.69 Å². The molecule has 2 aromatic carbocycles. The topological polar surface area (TPSA) is 75.7 Å². The van der Waals surface area contributed by atoms with Crippen molar-refractivity contribution in [3.05, 3.63) is 60.2 Å². The molecule has 2 amide bonds. The Kier molecular flexibility index (Phi) is 6.28. The lowest BCUT2D eigenvalue weighted by molar-refractivity contribution is -0.125. The minimum absolute atomic E-state index is 0.262. The lowest BCUT2D eigenvalue weighted by Crippen LogP contribution is -2.33. The van der Waals surface area contributed by atoms with E-state index in [-0.39, 0.29) is 12.3 Å². The smallest absolute Gasteiger partial charge is 0.337 e. The fourth-order valence-corrected chi connectivity index (χ4v) is 2.36. The molecule has 6 nitrogen and oxygen atoms in total. The van der Waals surface area contributed by atoms with Gasteiger partial charge >= 0.3 is 5.97 Å². The van der Waals surface area contributed by atoms with Crippen molar-refractivity contribution in [2.45, 2.75) is 13.3 Å². The maximum Gasteiger partial charge on any atom is 0.337 e. The van der Waals surface area contributed by atoms with Crippen LogP contribution in [0.4, 0.5) is 11.4 Å². The van der Waals surface area contributed by atoms with Gasteiger partial charge < -0.3 is 15.0 Å². The van der Waals surface area contributed by atoms with Crippen LogP contribution in [-0.2, 0) is 14.3 Å². The molecular formula is C19H20N2O4. The van der Waals surface area contributed by atoms with Crippen LogP contribution in [0, 0.1) is 0 Å². The first-order valence-electron chi connectivity index (χ1n) is 7.88. The van der Waals surface area contributed by atoms with Gasteiger partial charge in [-0.1, -0.05) is 18.2 Å². The van der Waals surface area contributed by atoms with Gasteiger partial charge in [0.2, 0.25) is 11.8 Å². The van der Waals surface area contributed by atoms with Gasteiger partial charge in [-0.25, -0.2) is 4.79 Å². The lowest BCUT2D eigenvalue weighted by atomic mass is 10.2. The largest absolute Gasteiger partial charge is 0.465 e. The highest BCUT2D eigenvalue weighted by Gasteiger charge is 2.17. The van der Waals surface area contributed by atoms with E-state index in [1.807, 2.05) is 37.3 Å². The van der Waals surface area contributed by atoms with Gasteiger partial charge in [-0.15, -0.1) is 0 Å². The van der Waals surface area contributed by atoms with Crippen LogP contribution >= 0.6 is 0 Å². The molecule has 0 saturated carbocycles. The number of methoxy groups -OCH3 is 1. The number of para-hydroxylation sites is 1. The van der Waals surface area contributed by atoms with Gasteiger partial charge in [0, 0.05) is 17.9 Å². The number of anilines is 2. The summed E-state index contributed by atoms with van der Waals surface area (Å²) in [5, 5.41) is 2.65. The highest BCUT2D eigenvalue weighted by molar-refractivity contribution is 6.09.